The topological polar surface area (TPSA) is 83.9 Å². The van der Waals surface area contributed by atoms with Crippen LogP contribution in [-0.4, -0.2) is 36.5 Å². The standard InChI is InChI=1S/C24H26N4O3S/c1-3-28(4-2)32(29,30)19-14-15-24(25-17-19)27-26-21-16-23(18-10-6-5-7-11-18)31-22-13-9-8-12-20(21)22/h5-15,17,23H,3-4,16H2,1-2H3,(H,25,27). The third-order valence-corrected chi connectivity index (χ3v) is 7.44. The van der Waals surface area contributed by atoms with Crippen LogP contribution in [0.5, 0.6) is 5.75 Å². The smallest absolute Gasteiger partial charge is 0.244 e. The van der Waals surface area contributed by atoms with E-state index in [9.17, 15) is 8.42 Å². The molecule has 166 valence electrons. The zero-order chi connectivity index (χ0) is 22.6. The number of sulfonamides is 1. The molecule has 32 heavy (non-hydrogen) atoms. The Kier molecular flexibility index (Phi) is 6.53. The lowest BCUT2D eigenvalue weighted by molar-refractivity contribution is 0.206. The molecule has 0 saturated heterocycles. The number of hydrazone groups is 1. The van der Waals surface area contributed by atoms with Crippen LogP contribution in [0.4, 0.5) is 5.82 Å². The van der Waals surface area contributed by atoms with Crippen molar-refractivity contribution >= 4 is 21.6 Å². The van der Waals surface area contributed by atoms with E-state index < -0.39 is 10.0 Å². The second kappa shape index (κ2) is 9.50. The molecule has 1 atom stereocenters. The van der Waals surface area contributed by atoms with Crippen molar-refractivity contribution in [2.24, 2.45) is 5.10 Å². The zero-order valence-electron chi connectivity index (χ0n) is 18.1. The lowest BCUT2D eigenvalue weighted by atomic mass is 9.96. The predicted molar refractivity (Wildman–Crippen MR) is 125 cm³/mol. The van der Waals surface area contributed by atoms with Crippen LogP contribution in [0.2, 0.25) is 0 Å². The van der Waals surface area contributed by atoms with Gasteiger partial charge in [0.15, 0.2) is 0 Å². The number of nitrogens with one attached hydrogen (secondary N) is 1. The molecule has 1 unspecified atom stereocenters. The molecular formula is C24H26N4O3S. The lowest BCUT2D eigenvalue weighted by Gasteiger charge is -2.27. The summed E-state index contributed by atoms with van der Waals surface area (Å²) in [6.45, 7) is 4.46. The Balaban J connectivity index is 1.57. The molecule has 0 fully saturated rings. The minimum absolute atomic E-state index is 0.138. The van der Waals surface area contributed by atoms with E-state index in [1.807, 2.05) is 68.4 Å². The van der Waals surface area contributed by atoms with E-state index in [-0.39, 0.29) is 11.0 Å². The highest BCUT2D eigenvalue weighted by Gasteiger charge is 2.26. The van der Waals surface area contributed by atoms with Crippen LogP contribution in [0.3, 0.4) is 0 Å². The number of nitrogens with zero attached hydrogens (tertiary/aromatic N) is 3. The summed E-state index contributed by atoms with van der Waals surface area (Å²) in [6, 6.07) is 21.0. The average Bonchev–Trinajstić information content (AvgIpc) is 2.84. The summed E-state index contributed by atoms with van der Waals surface area (Å²) >= 11 is 0. The Morgan fingerprint density at radius 3 is 2.44 bits per heavy atom. The lowest BCUT2D eigenvalue weighted by Crippen LogP contribution is -2.30. The van der Waals surface area contributed by atoms with E-state index in [0.29, 0.717) is 25.3 Å². The molecule has 1 N–H and O–H groups in total. The van der Waals surface area contributed by atoms with Crippen LogP contribution in [0, 0.1) is 0 Å². The van der Waals surface area contributed by atoms with Gasteiger partial charge in [0.1, 0.15) is 22.6 Å². The number of aromatic nitrogens is 1. The van der Waals surface area contributed by atoms with Crippen molar-refractivity contribution in [1.29, 1.82) is 0 Å². The molecule has 2 heterocycles. The maximum absolute atomic E-state index is 12.6. The molecule has 0 saturated carbocycles. The Hall–Kier alpha value is -3.23. The summed E-state index contributed by atoms with van der Waals surface area (Å²) in [5.41, 5.74) is 5.83. The minimum Gasteiger partial charge on any atom is -0.485 e. The Labute approximate surface area is 188 Å². The van der Waals surface area contributed by atoms with Crippen molar-refractivity contribution in [3.05, 3.63) is 84.1 Å². The molecule has 7 nitrogen and oxygen atoms in total. The van der Waals surface area contributed by atoms with E-state index in [1.165, 1.54) is 10.5 Å². The molecule has 0 spiro atoms. The minimum atomic E-state index is -3.54. The molecule has 3 aromatic rings. The van der Waals surface area contributed by atoms with Gasteiger partial charge in [0.25, 0.3) is 0 Å². The molecule has 0 aliphatic carbocycles. The van der Waals surface area contributed by atoms with Gasteiger partial charge in [-0.25, -0.2) is 13.4 Å². The molecule has 0 radical (unpaired) electrons. The fraction of sp³-hybridized carbons (Fsp3) is 0.250. The maximum atomic E-state index is 12.6. The van der Waals surface area contributed by atoms with Gasteiger partial charge in [-0.1, -0.05) is 56.3 Å². The third kappa shape index (κ3) is 4.51. The number of hydrogen-bond donors (Lipinski definition) is 1. The Morgan fingerprint density at radius 1 is 1.03 bits per heavy atom. The normalized spacial score (nSPS) is 17.1. The van der Waals surface area contributed by atoms with Crippen molar-refractivity contribution in [1.82, 2.24) is 9.29 Å². The number of hydrogen-bond acceptors (Lipinski definition) is 6. The molecule has 0 bridgehead atoms. The van der Waals surface area contributed by atoms with Crippen LogP contribution < -0.4 is 10.2 Å². The number of ether oxygens (including phenoxy) is 1. The second-order valence-electron chi connectivity index (χ2n) is 7.36. The fourth-order valence-electron chi connectivity index (χ4n) is 3.68. The molecule has 0 amide bonds. The van der Waals surface area contributed by atoms with E-state index in [4.69, 9.17) is 4.74 Å². The molecule has 4 rings (SSSR count). The third-order valence-electron chi connectivity index (χ3n) is 5.40. The van der Waals surface area contributed by atoms with Gasteiger partial charge in [-0.3, -0.25) is 5.43 Å². The van der Waals surface area contributed by atoms with Gasteiger partial charge in [0.05, 0.1) is 5.71 Å². The van der Waals surface area contributed by atoms with Crippen molar-refractivity contribution in [3.8, 4) is 5.75 Å². The predicted octanol–water partition coefficient (Wildman–Crippen LogP) is 4.45. The highest BCUT2D eigenvalue weighted by molar-refractivity contribution is 7.89. The van der Waals surface area contributed by atoms with Crippen molar-refractivity contribution in [2.45, 2.75) is 31.3 Å². The summed E-state index contributed by atoms with van der Waals surface area (Å²) in [5, 5.41) is 4.59. The van der Waals surface area contributed by atoms with E-state index in [1.54, 1.807) is 12.1 Å². The van der Waals surface area contributed by atoms with E-state index in [2.05, 4.69) is 15.5 Å². The van der Waals surface area contributed by atoms with Crippen molar-refractivity contribution in [2.75, 3.05) is 18.5 Å². The molecule has 1 aliphatic rings. The van der Waals surface area contributed by atoms with Crippen LogP contribution in [0.1, 0.15) is 37.5 Å². The van der Waals surface area contributed by atoms with Crippen LogP contribution in [0.25, 0.3) is 0 Å². The molecule has 2 aromatic carbocycles. The second-order valence-corrected chi connectivity index (χ2v) is 9.29. The van der Waals surface area contributed by atoms with Gasteiger partial charge in [0, 0.05) is 31.3 Å². The quantitative estimate of drug-likeness (QED) is 0.538. The first-order valence-corrected chi connectivity index (χ1v) is 12.1. The van der Waals surface area contributed by atoms with Gasteiger partial charge in [-0.05, 0) is 29.8 Å². The van der Waals surface area contributed by atoms with Crippen LogP contribution in [0.15, 0.2) is 82.9 Å². The van der Waals surface area contributed by atoms with Gasteiger partial charge >= 0.3 is 0 Å². The highest BCUT2D eigenvalue weighted by Crippen LogP contribution is 2.35. The maximum Gasteiger partial charge on any atom is 0.244 e. The molecule has 8 heteroatoms. The first kappa shape index (κ1) is 22.0. The van der Waals surface area contributed by atoms with Gasteiger partial charge in [-0.15, -0.1) is 0 Å². The summed E-state index contributed by atoms with van der Waals surface area (Å²) in [4.78, 5) is 4.42. The zero-order valence-corrected chi connectivity index (χ0v) is 18.9. The first-order chi connectivity index (χ1) is 15.5. The van der Waals surface area contributed by atoms with Gasteiger partial charge in [-0.2, -0.15) is 9.41 Å². The van der Waals surface area contributed by atoms with E-state index >= 15 is 0 Å². The van der Waals surface area contributed by atoms with Gasteiger partial charge in [0.2, 0.25) is 10.0 Å². The molecular weight excluding hydrogens is 424 g/mol. The SMILES string of the molecule is CCN(CC)S(=O)(=O)c1ccc(NN=C2CC(c3ccccc3)Oc3ccccc32)nc1. The number of pyridine rings is 1. The van der Waals surface area contributed by atoms with Gasteiger partial charge < -0.3 is 4.74 Å². The Bertz CT molecular complexity index is 1190. The summed E-state index contributed by atoms with van der Waals surface area (Å²) in [6.07, 6.45) is 1.82. The molecule has 1 aromatic heterocycles. The van der Waals surface area contributed by atoms with Crippen molar-refractivity contribution < 1.29 is 13.2 Å². The number of anilines is 1. The Morgan fingerprint density at radius 2 is 1.75 bits per heavy atom. The number of para-hydroxylation sites is 1. The largest absolute Gasteiger partial charge is 0.485 e. The number of benzene rings is 2. The summed E-state index contributed by atoms with van der Waals surface area (Å²) in [7, 11) is -3.54. The van der Waals surface area contributed by atoms with Crippen LogP contribution >= 0.6 is 0 Å². The monoisotopic (exact) mass is 450 g/mol. The fourth-order valence-corrected chi connectivity index (χ4v) is 5.09. The summed E-state index contributed by atoms with van der Waals surface area (Å²) < 4.78 is 32.9. The number of fused-ring (bicyclic) bond motifs is 1. The first-order valence-electron chi connectivity index (χ1n) is 10.6. The van der Waals surface area contributed by atoms with Crippen molar-refractivity contribution in [3.63, 3.8) is 0 Å². The number of rotatable bonds is 7. The average molecular weight is 451 g/mol. The van der Waals surface area contributed by atoms with E-state index in [0.717, 1.165) is 22.6 Å². The summed E-state index contributed by atoms with van der Waals surface area (Å²) in [5.74, 6) is 1.25. The van der Waals surface area contributed by atoms with Crippen LogP contribution in [-0.2, 0) is 10.0 Å². The molecule has 1 aliphatic heterocycles. The highest BCUT2D eigenvalue weighted by atomic mass is 32.2.